The highest BCUT2D eigenvalue weighted by molar-refractivity contribution is 6.33. The molecule has 100 valence electrons. The van der Waals surface area contributed by atoms with Gasteiger partial charge in [0, 0.05) is 19.1 Å². The summed E-state index contributed by atoms with van der Waals surface area (Å²) >= 11 is 6.08. The van der Waals surface area contributed by atoms with Gasteiger partial charge in [-0.15, -0.1) is 0 Å². The van der Waals surface area contributed by atoms with Crippen molar-refractivity contribution in [3.8, 4) is 0 Å². The molecular weight excluding hydrogens is 255 g/mol. The van der Waals surface area contributed by atoms with Crippen LogP contribution in [0.3, 0.4) is 0 Å². The SMILES string of the molecule is CC1COCCC1(CN)Nc1cc(F)ccc1Cl. The van der Waals surface area contributed by atoms with Crippen LogP contribution in [0.1, 0.15) is 13.3 Å². The van der Waals surface area contributed by atoms with Crippen LogP contribution in [-0.2, 0) is 4.74 Å². The molecule has 0 radical (unpaired) electrons. The van der Waals surface area contributed by atoms with E-state index in [2.05, 4.69) is 12.2 Å². The Hall–Kier alpha value is -0.840. The third kappa shape index (κ3) is 2.60. The minimum absolute atomic E-state index is 0.246. The predicted molar refractivity (Wildman–Crippen MR) is 71.4 cm³/mol. The molecule has 5 heteroatoms. The maximum Gasteiger partial charge on any atom is 0.125 e. The monoisotopic (exact) mass is 272 g/mol. The van der Waals surface area contributed by atoms with Crippen molar-refractivity contribution in [3.05, 3.63) is 29.0 Å². The van der Waals surface area contributed by atoms with Crippen molar-refractivity contribution >= 4 is 17.3 Å². The van der Waals surface area contributed by atoms with Gasteiger partial charge in [0.1, 0.15) is 5.82 Å². The molecule has 0 spiro atoms. The van der Waals surface area contributed by atoms with E-state index in [0.717, 1.165) is 6.42 Å². The number of hydrogen-bond donors (Lipinski definition) is 2. The zero-order chi connectivity index (χ0) is 13.2. The van der Waals surface area contributed by atoms with Gasteiger partial charge in [0.05, 0.1) is 22.9 Å². The number of rotatable bonds is 3. The topological polar surface area (TPSA) is 47.3 Å². The molecule has 1 heterocycles. The van der Waals surface area contributed by atoms with Crippen LogP contribution in [0.2, 0.25) is 5.02 Å². The molecule has 3 nitrogen and oxygen atoms in total. The molecule has 1 aliphatic rings. The van der Waals surface area contributed by atoms with Gasteiger partial charge in [-0.3, -0.25) is 0 Å². The molecular formula is C13H18ClFN2O. The standard InChI is InChI=1S/C13H18ClFN2O/c1-9-7-18-5-4-13(9,8-16)17-12-6-10(15)2-3-11(12)14/h2-3,6,9,17H,4-5,7-8,16H2,1H3. The van der Waals surface area contributed by atoms with Gasteiger partial charge in [-0.2, -0.15) is 0 Å². The summed E-state index contributed by atoms with van der Waals surface area (Å²) in [7, 11) is 0. The van der Waals surface area contributed by atoms with E-state index in [1.165, 1.54) is 12.1 Å². The third-order valence-corrected chi connectivity index (χ3v) is 4.01. The molecule has 0 saturated carbocycles. The van der Waals surface area contributed by atoms with Crippen LogP contribution in [-0.4, -0.2) is 25.3 Å². The Labute approximate surface area is 111 Å². The van der Waals surface area contributed by atoms with E-state index in [4.69, 9.17) is 22.1 Å². The number of halogens is 2. The fraction of sp³-hybridized carbons (Fsp3) is 0.538. The number of hydrogen-bond acceptors (Lipinski definition) is 3. The van der Waals surface area contributed by atoms with Crippen LogP contribution in [0.15, 0.2) is 18.2 Å². The normalized spacial score (nSPS) is 28.1. The fourth-order valence-corrected chi connectivity index (χ4v) is 2.49. The predicted octanol–water partition coefficient (Wildman–Crippen LogP) is 2.64. The summed E-state index contributed by atoms with van der Waals surface area (Å²) in [6.45, 7) is 3.84. The summed E-state index contributed by atoms with van der Waals surface area (Å²) in [4.78, 5) is 0. The lowest BCUT2D eigenvalue weighted by molar-refractivity contribution is 0.0205. The first-order valence-corrected chi connectivity index (χ1v) is 6.46. The largest absolute Gasteiger partial charge is 0.381 e. The molecule has 3 N–H and O–H groups in total. The zero-order valence-corrected chi connectivity index (χ0v) is 11.1. The average molecular weight is 273 g/mol. The van der Waals surface area contributed by atoms with E-state index in [1.54, 1.807) is 6.07 Å². The van der Waals surface area contributed by atoms with E-state index >= 15 is 0 Å². The van der Waals surface area contributed by atoms with Crippen molar-refractivity contribution in [1.29, 1.82) is 0 Å². The molecule has 1 aromatic rings. The van der Waals surface area contributed by atoms with Crippen LogP contribution in [0, 0.1) is 11.7 Å². The lowest BCUT2D eigenvalue weighted by atomic mass is 9.81. The number of ether oxygens (including phenoxy) is 1. The van der Waals surface area contributed by atoms with E-state index < -0.39 is 0 Å². The van der Waals surface area contributed by atoms with Crippen LogP contribution in [0.5, 0.6) is 0 Å². The average Bonchev–Trinajstić information content (AvgIpc) is 2.37. The van der Waals surface area contributed by atoms with Gasteiger partial charge in [0.2, 0.25) is 0 Å². The van der Waals surface area contributed by atoms with Crippen LogP contribution in [0.25, 0.3) is 0 Å². The Morgan fingerprint density at radius 3 is 3.06 bits per heavy atom. The van der Waals surface area contributed by atoms with Crippen LogP contribution < -0.4 is 11.1 Å². The zero-order valence-electron chi connectivity index (χ0n) is 10.4. The lowest BCUT2D eigenvalue weighted by Gasteiger charge is -2.43. The van der Waals surface area contributed by atoms with Crippen molar-refractivity contribution in [2.45, 2.75) is 18.9 Å². The maximum atomic E-state index is 13.3. The highest BCUT2D eigenvalue weighted by Crippen LogP contribution is 2.33. The van der Waals surface area contributed by atoms with Gasteiger partial charge in [0.15, 0.2) is 0 Å². The van der Waals surface area contributed by atoms with E-state index in [1.807, 2.05) is 0 Å². The highest BCUT2D eigenvalue weighted by Gasteiger charge is 2.38. The number of nitrogens with one attached hydrogen (secondary N) is 1. The second kappa shape index (κ2) is 5.43. The van der Waals surface area contributed by atoms with Gasteiger partial charge in [-0.05, 0) is 24.6 Å². The summed E-state index contributed by atoms with van der Waals surface area (Å²) in [5.41, 5.74) is 6.22. The Balaban J connectivity index is 2.26. The third-order valence-electron chi connectivity index (χ3n) is 3.68. The molecule has 1 aromatic carbocycles. The minimum Gasteiger partial charge on any atom is -0.381 e. The molecule has 0 aliphatic carbocycles. The molecule has 0 amide bonds. The number of benzene rings is 1. The molecule has 2 atom stereocenters. The van der Waals surface area contributed by atoms with Gasteiger partial charge in [-0.1, -0.05) is 18.5 Å². The molecule has 0 bridgehead atoms. The first-order chi connectivity index (χ1) is 8.57. The summed E-state index contributed by atoms with van der Waals surface area (Å²) in [5.74, 6) is -0.0654. The lowest BCUT2D eigenvalue weighted by Crippen LogP contribution is -2.55. The molecule has 0 aromatic heterocycles. The van der Waals surface area contributed by atoms with Gasteiger partial charge < -0.3 is 15.8 Å². The second-order valence-corrected chi connectivity index (χ2v) is 5.24. The highest BCUT2D eigenvalue weighted by atomic mass is 35.5. The first kappa shape index (κ1) is 13.6. The van der Waals surface area contributed by atoms with Gasteiger partial charge in [0.25, 0.3) is 0 Å². The van der Waals surface area contributed by atoms with E-state index in [-0.39, 0.29) is 17.3 Å². The Morgan fingerprint density at radius 1 is 1.61 bits per heavy atom. The number of nitrogens with two attached hydrogens (primary N) is 1. The van der Waals surface area contributed by atoms with Crippen molar-refractivity contribution in [3.63, 3.8) is 0 Å². The summed E-state index contributed by atoms with van der Waals surface area (Å²) in [6, 6.07) is 4.30. The maximum absolute atomic E-state index is 13.3. The van der Waals surface area contributed by atoms with E-state index in [0.29, 0.717) is 30.5 Å². The quantitative estimate of drug-likeness (QED) is 0.889. The van der Waals surface area contributed by atoms with Gasteiger partial charge >= 0.3 is 0 Å². The molecule has 1 saturated heterocycles. The number of anilines is 1. The minimum atomic E-state index is -0.311. The van der Waals surface area contributed by atoms with Crippen molar-refractivity contribution < 1.29 is 9.13 Å². The van der Waals surface area contributed by atoms with Crippen LogP contribution >= 0.6 is 11.6 Å². The molecule has 18 heavy (non-hydrogen) atoms. The van der Waals surface area contributed by atoms with Crippen LogP contribution in [0.4, 0.5) is 10.1 Å². The summed E-state index contributed by atoms with van der Waals surface area (Å²) < 4.78 is 18.7. The molecule has 1 aliphatic heterocycles. The smallest absolute Gasteiger partial charge is 0.125 e. The van der Waals surface area contributed by atoms with Crippen molar-refractivity contribution in [1.82, 2.24) is 0 Å². The Bertz CT molecular complexity index is 429. The first-order valence-electron chi connectivity index (χ1n) is 6.08. The van der Waals surface area contributed by atoms with Crippen molar-refractivity contribution in [2.75, 3.05) is 25.1 Å². The Morgan fingerprint density at radius 2 is 2.39 bits per heavy atom. The summed E-state index contributed by atoms with van der Waals surface area (Å²) in [6.07, 6.45) is 0.789. The Kier molecular flexibility index (Phi) is 4.10. The van der Waals surface area contributed by atoms with E-state index in [9.17, 15) is 4.39 Å². The summed E-state index contributed by atoms with van der Waals surface area (Å²) in [5, 5.41) is 3.83. The fourth-order valence-electron chi connectivity index (χ4n) is 2.32. The second-order valence-electron chi connectivity index (χ2n) is 4.84. The molecule has 1 fully saturated rings. The molecule has 2 rings (SSSR count). The van der Waals surface area contributed by atoms with Crippen molar-refractivity contribution in [2.24, 2.45) is 11.7 Å². The van der Waals surface area contributed by atoms with Gasteiger partial charge in [-0.25, -0.2) is 4.39 Å². The molecule has 2 unspecified atom stereocenters.